The van der Waals surface area contributed by atoms with Gasteiger partial charge in [0.15, 0.2) is 0 Å². The number of nitrogens with zero attached hydrogens (tertiary/aromatic N) is 2. The van der Waals surface area contributed by atoms with Gasteiger partial charge in [-0.05, 0) is 42.2 Å². The number of hydrogen-bond acceptors (Lipinski definition) is 2. The van der Waals surface area contributed by atoms with Crippen molar-refractivity contribution in [2.75, 3.05) is 6.54 Å². The normalized spacial score (nSPS) is 13.9. The Morgan fingerprint density at radius 2 is 2.16 bits per heavy atom. The Balaban J connectivity index is 1.55. The zero-order valence-corrected chi connectivity index (χ0v) is 14.5. The first kappa shape index (κ1) is 15.8. The fourth-order valence-electron chi connectivity index (χ4n) is 3.67. The zero-order chi connectivity index (χ0) is 17.2. The Kier molecular flexibility index (Phi) is 4.22. The van der Waals surface area contributed by atoms with Gasteiger partial charge in [-0.15, -0.1) is 0 Å². The molecule has 0 fully saturated rings. The highest BCUT2D eigenvalue weighted by molar-refractivity contribution is 5.88. The summed E-state index contributed by atoms with van der Waals surface area (Å²) in [6.07, 6.45) is 5.89. The molecule has 2 aromatic heterocycles. The molecule has 0 radical (unpaired) electrons. The Morgan fingerprint density at radius 1 is 1.24 bits per heavy atom. The van der Waals surface area contributed by atoms with E-state index in [0.717, 1.165) is 31.7 Å². The number of furan rings is 1. The lowest BCUT2D eigenvalue weighted by Gasteiger charge is -2.21. The van der Waals surface area contributed by atoms with E-state index in [2.05, 4.69) is 41.2 Å². The van der Waals surface area contributed by atoms with Crippen molar-refractivity contribution in [1.82, 2.24) is 14.8 Å². The molecular formula is C20H23N3O2. The molecule has 1 aromatic carbocycles. The Morgan fingerprint density at radius 3 is 2.96 bits per heavy atom. The quantitative estimate of drug-likeness (QED) is 0.785. The molecule has 0 spiro atoms. The first-order valence-electron chi connectivity index (χ1n) is 8.91. The first-order valence-corrected chi connectivity index (χ1v) is 8.91. The highest BCUT2D eigenvalue weighted by Gasteiger charge is 2.22. The summed E-state index contributed by atoms with van der Waals surface area (Å²) in [5, 5.41) is 4.28. The van der Waals surface area contributed by atoms with Crippen molar-refractivity contribution in [2.24, 2.45) is 0 Å². The zero-order valence-electron chi connectivity index (χ0n) is 14.5. The van der Waals surface area contributed by atoms with Gasteiger partial charge >= 0.3 is 6.03 Å². The molecule has 25 heavy (non-hydrogen) atoms. The van der Waals surface area contributed by atoms with Gasteiger partial charge < -0.3 is 19.2 Å². The molecule has 0 saturated heterocycles. The van der Waals surface area contributed by atoms with Gasteiger partial charge in [-0.2, -0.15) is 0 Å². The largest absolute Gasteiger partial charge is 0.467 e. The second-order valence-corrected chi connectivity index (χ2v) is 6.57. The third-order valence-electron chi connectivity index (χ3n) is 4.83. The maximum Gasteiger partial charge on any atom is 0.318 e. The van der Waals surface area contributed by atoms with Crippen LogP contribution in [0, 0.1) is 0 Å². The minimum Gasteiger partial charge on any atom is -0.467 e. The van der Waals surface area contributed by atoms with Gasteiger partial charge in [0.25, 0.3) is 0 Å². The Bertz CT molecular complexity index is 880. The van der Waals surface area contributed by atoms with Gasteiger partial charge in [-0.1, -0.05) is 19.1 Å². The van der Waals surface area contributed by atoms with E-state index in [1.807, 2.05) is 17.0 Å². The van der Waals surface area contributed by atoms with Crippen molar-refractivity contribution >= 4 is 16.9 Å². The van der Waals surface area contributed by atoms with Crippen molar-refractivity contribution in [2.45, 2.75) is 39.4 Å². The van der Waals surface area contributed by atoms with E-state index in [4.69, 9.17) is 4.42 Å². The van der Waals surface area contributed by atoms with Crippen molar-refractivity contribution in [3.05, 3.63) is 59.7 Å². The summed E-state index contributed by atoms with van der Waals surface area (Å²) in [6.45, 7) is 5.02. The SMILES string of the molecule is CCCn1cc2c3c(cccc31)CN(C(=O)NCc1ccco1)CC2. The van der Waals surface area contributed by atoms with Crippen LogP contribution in [0.15, 0.2) is 47.2 Å². The Hall–Kier alpha value is -2.69. The average Bonchev–Trinajstić information content (AvgIpc) is 3.21. The number of amides is 2. The summed E-state index contributed by atoms with van der Waals surface area (Å²) in [5.74, 6) is 0.766. The third kappa shape index (κ3) is 3.02. The van der Waals surface area contributed by atoms with Crippen LogP contribution in [0.25, 0.3) is 10.9 Å². The molecule has 0 unspecified atom stereocenters. The molecule has 2 amide bonds. The summed E-state index contributed by atoms with van der Waals surface area (Å²) in [5.41, 5.74) is 3.86. The molecule has 0 atom stereocenters. The number of urea groups is 1. The number of benzene rings is 1. The second-order valence-electron chi connectivity index (χ2n) is 6.57. The standard InChI is InChI=1S/C20H23N3O2/c1-2-9-22-13-16-8-10-23(14-15-5-3-7-18(22)19(15)16)20(24)21-12-17-6-4-11-25-17/h3-7,11,13H,2,8-10,12,14H2,1H3,(H,21,24). The summed E-state index contributed by atoms with van der Waals surface area (Å²) < 4.78 is 7.63. The third-order valence-corrected chi connectivity index (χ3v) is 4.83. The highest BCUT2D eigenvalue weighted by atomic mass is 16.3. The van der Waals surface area contributed by atoms with Crippen molar-refractivity contribution < 1.29 is 9.21 Å². The molecule has 0 saturated carbocycles. The van der Waals surface area contributed by atoms with Crippen LogP contribution in [0.2, 0.25) is 0 Å². The maximum absolute atomic E-state index is 12.6. The van der Waals surface area contributed by atoms with Crippen molar-refractivity contribution in [1.29, 1.82) is 0 Å². The van der Waals surface area contributed by atoms with Gasteiger partial charge in [0.1, 0.15) is 5.76 Å². The molecule has 1 aliphatic heterocycles. The molecule has 1 N–H and O–H groups in total. The summed E-state index contributed by atoms with van der Waals surface area (Å²) >= 11 is 0. The fraction of sp³-hybridized carbons (Fsp3) is 0.350. The topological polar surface area (TPSA) is 50.4 Å². The molecule has 0 bridgehead atoms. The van der Waals surface area contributed by atoms with Gasteiger partial charge in [-0.25, -0.2) is 4.79 Å². The fourth-order valence-corrected chi connectivity index (χ4v) is 3.67. The molecule has 4 rings (SSSR count). The number of aromatic nitrogens is 1. The van der Waals surface area contributed by atoms with E-state index >= 15 is 0 Å². The number of carbonyl (C=O) groups excluding carboxylic acids is 1. The maximum atomic E-state index is 12.6. The summed E-state index contributed by atoms with van der Waals surface area (Å²) in [4.78, 5) is 14.5. The van der Waals surface area contributed by atoms with Crippen molar-refractivity contribution in [3.8, 4) is 0 Å². The van der Waals surface area contributed by atoms with Crippen LogP contribution < -0.4 is 5.32 Å². The molecular weight excluding hydrogens is 314 g/mol. The molecule has 5 nitrogen and oxygen atoms in total. The predicted molar refractivity (Wildman–Crippen MR) is 97.3 cm³/mol. The smallest absolute Gasteiger partial charge is 0.318 e. The molecule has 3 aromatic rings. The first-order chi connectivity index (χ1) is 12.3. The molecule has 5 heteroatoms. The van der Waals surface area contributed by atoms with Crippen LogP contribution in [0.4, 0.5) is 4.79 Å². The molecule has 130 valence electrons. The molecule has 0 aliphatic carbocycles. The minimum atomic E-state index is -0.0417. The van der Waals surface area contributed by atoms with E-state index in [9.17, 15) is 4.79 Å². The average molecular weight is 337 g/mol. The van der Waals surface area contributed by atoms with Gasteiger partial charge in [0.05, 0.1) is 12.8 Å². The number of hydrogen-bond donors (Lipinski definition) is 1. The van der Waals surface area contributed by atoms with Crippen LogP contribution in [0.5, 0.6) is 0 Å². The second kappa shape index (κ2) is 6.67. The number of carbonyl (C=O) groups is 1. The highest BCUT2D eigenvalue weighted by Crippen LogP contribution is 2.29. The van der Waals surface area contributed by atoms with E-state index in [-0.39, 0.29) is 6.03 Å². The van der Waals surface area contributed by atoms with Crippen molar-refractivity contribution in [3.63, 3.8) is 0 Å². The summed E-state index contributed by atoms with van der Waals surface area (Å²) in [6, 6.07) is 10.1. The minimum absolute atomic E-state index is 0.0417. The van der Waals surface area contributed by atoms with E-state index in [0.29, 0.717) is 13.1 Å². The van der Waals surface area contributed by atoms with Crippen LogP contribution in [0.3, 0.4) is 0 Å². The molecule has 3 heterocycles. The van der Waals surface area contributed by atoms with Crippen LogP contribution in [0.1, 0.15) is 30.2 Å². The van der Waals surface area contributed by atoms with E-state index in [1.165, 1.54) is 22.0 Å². The number of aryl methyl sites for hydroxylation is 1. The van der Waals surface area contributed by atoms with Gasteiger partial charge in [0, 0.05) is 36.7 Å². The monoisotopic (exact) mass is 337 g/mol. The van der Waals surface area contributed by atoms with E-state index in [1.54, 1.807) is 6.26 Å². The van der Waals surface area contributed by atoms with Crippen LogP contribution in [-0.2, 0) is 26.1 Å². The van der Waals surface area contributed by atoms with Crippen LogP contribution in [-0.4, -0.2) is 22.0 Å². The Labute approximate surface area is 147 Å². The van der Waals surface area contributed by atoms with Gasteiger partial charge in [-0.3, -0.25) is 0 Å². The molecule has 1 aliphatic rings. The van der Waals surface area contributed by atoms with E-state index < -0.39 is 0 Å². The predicted octanol–water partition coefficient (Wildman–Crippen LogP) is 3.91. The lowest BCUT2D eigenvalue weighted by Crippen LogP contribution is -2.39. The lowest BCUT2D eigenvalue weighted by molar-refractivity contribution is 0.195. The number of nitrogens with one attached hydrogen (secondary N) is 1. The van der Waals surface area contributed by atoms with Gasteiger partial charge in [0.2, 0.25) is 0 Å². The number of rotatable bonds is 4. The van der Waals surface area contributed by atoms with Crippen LogP contribution >= 0.6 is 0 Å². The summed E-state index contributed by atoms with van der Waals surface area (Å²) in [7, 11) is 0. The lowest BCUT2D eigenvalue weighted by atomic mass is 10.1.